The smallest absolute Gasteiger partial charge is 0.324 e. The van der Waals surface area contributed by atoms with Gasteiger partial charge in [-0.25, -0.2) is 0 Å². The Balaban J connectivity index is 2.61. The van der Waals surface area contributed by atoms with Crippen molar-refractivity contribution < 1.29 is 9.72 Å². The fourth-order valence-corrected chi connectivity index (χ4v) is 1.94. The van der Waals surface area contributed by atoms with Crippen molar-refractivity contribution in [2.45, 2.75) is 13.8 Å². The highest BCUT2D eigenvalue weighted by atomic mass is 79.9. The van der Waals surface area contributed by atoms with Gasteiger partial charge < -0.3 is 5.32 Å². The molecule has 1 heterocycles. The number of nitro groups is 1. The molecule has 0 aromatic carbocycles. The Morgan fingerprint density at radius 2 is 2.24 bits per heavy atom. The Kier molecular flexibility index (Phi) is 4.64. The largest absolute Gasteiger partial charge is 0.351 e. The Labute approximate surface area is 111 Å². The minimum absolute atomic E-state index is 0.0186. The summed E-state index contributed by atoms with van der Waals surface area (Å²) in [5, 5.41) is 14.0. The molecule has 17 heavy (non-hydrogen) atoms. The van der Waals surface area contributed by atoms with E-state index in [1.165, 1.54) is 12.1 Å². The van der Waals surface area contributed by atoms with Gasteiger partial charge in [-0.05, 0) is 11.5 Å². The van der Waals surface area contributed by atoms with Crippen molar-refractivity contribution in [2.75, 3.05) is 11.9 Å². The first-order valence-corrected chi connectivity index (χ1v) is 6.88. The van der Waals surface area contributed by atoms with Gasteiger partial charge in [-0.15, -0.1) is 0 Å². The molecule has 1 rings (SSSR count). The zero-order valence-electron chi connectivity index (χ0n) is 9.53. The topological polar surface area (TPSA) is 72.2 Å². The number of amides is 1. The molecule has 94 valence electrons. The molecule has 0 bridgehead atoms. The number of hydrogen-bond donors (Lipinski definition) is 1. The molecule has 0 atom stereocenters. The zero-order chi connectivity index (χ0) is 13.1. The molecular weight excluding hydrogens is 308 g/mol. The second-order valence-electron chi connectivity index (χ2n) is 4.38. The van der Waals surface area contributed by atoms with Crippen LogP contribution in [0.2, 0.25) is 0 Å². The van der Waals surface area contributed by atoms with Crippen LogP contribution in [0.4, 0.5) is 5.00 Å². The number of thiophene rings is 1. The van der Waals surface area contributed by atoms with Crippen LogP contribution in [0.5, 0.6) is 0 Å². The van der Waals surface area contributed by atoms with Crippen molar-refractivity contribution in [3.05, 3.63) is 27.1 Å². The third-order valence-corrected chi connectivity index (χ3v) is 4.64. The Morgan fingerprint density at radius 3 is 2.71 bits per heavy atom. The van der Waals surface area contributed by atoms with Crippen LogP contribution in [-0.4, -0.2) is 22.7 Å². The summed E-state index contributed by atoms with van der Waals surface area (Å²) in [7, 11) is 0. The summed E-state index contributed by atoms with van der Waals surface area (Å²) in [6, 6.07) is 2.81. The molecule has 7 heteroatoms. The van der Waals surface area contributed by atoms with E-state index in [-0.39, 0.29) is 16.3 Å². The summed E-state index contributed by atoms with van der Waals surface area (Å²) in [5.74, 6) is -0.267. The van der Waals surface area contributed by atoms with E-state index in [0.717, 1.165) is 16.7 Å². The van der Waals surface area contributed by atoms with Crippen LogP contribution in [0.25, 0.3) is 0 Å². The first kappa shape index (κ1) is 14.1. The lowest BCUT2D eigenvalue weighted by molar-refractivity contribution is -0.380. The van der Waals surface area contributed by atoms with Crippen LogP contribution >= 0.6 is 27.3 Å². The van der Waals surface area contributed by atoms with E-state index >= 15 is 0 Å². The van der Waals surface area contributed by atoms with Crippen LogP contribution in [0, 0.1) is 15.5 Å². The van der Waals surface area contributed by atoms with Gasteiger partial charge in [0.25, 0.3) is 5.91 Å². The van der Waals surface area contributed by atoms with Gasteiger partial charge in [-0.2, -0.15) is 0 Å². The van der Waals surface area contributed by atoms with Crippen molar-refractivity contribution >= 4 is 38.2 Å². The fourth-order valence-electron chi connectivity index (χ4n) is 1.00. The molecule has 0 fully saturated rings. The maximum Gasteiger partial charge on any atom is 0.324 e. The van der Waals surface area contributed by atoms with Gasteiger partial charge in [0.15, 0.2) is 0 Å². The lowest BCUT2D eigenvalue weighted by Crippen LogP contribution is -2.34. The third kappa shape index (κ3) is 4.08. The quantitative estimate of drug-likeness (QED) is 0.515. The number of rotatable bonds is 5. The molecule has 0 aliphatic rings. The summed E-state index contributed by atoms with van der Waals surface area (Å²) < 4.78 is 0. The van der Waals surface area contributed by atoms with Crippen LogP contribution in [0.3, 0.4) is 0 Å². The number of carbonyl (C=O) groups is 1. The Morgan fingerprint density at radius 1 is 1.59 bits per heavy atom. The second-order valence-corrected chi connectivity index (χ2v) is 6.00. The number of carbonyl (C=O) groups excluding carboxylic acids is 1. The first-order chi connectivity index (χ1) is 7.85. The normalized spacial score (nSPS) is 11.2. The number of hydrogen-bond acceptors (Lipinski definition) is 4. The Hall–Kier alpha value is -0.950. The molecule has 0 saturated carbocycles. The highest BCUT2D eigenvalue weighted by molar-refractivity contribution is 9.09. The third-order valence-electron chi connectivity index (χ3n) is 2.08. The summed E-state index contributed by atoms with van der Waals surface area (Å²) in [4.78, 5) is 22.0. The van der Waals surface area contributed by atoms with Crippen molar-refractivity contribution in [2.24, 2.45) is 5.41 Å². The van der Waals surface area contributed by atoms with Crippen molar-refractivity contribution in [1.82, 2.24) is 5.32 Å². The molecule has 0 saturated heterocycles. The molecule has 1 N–H and O–H groups in total. The van der Waals surface area contributed by atoms with Crippen molar-refractivity contribution in [1.29, 1.82) is 0 Å². The molecule has 0 aliphatic carbocycles. The van der Waals surface area contributed by atoms with E-state index in [4.69, 9.17) is 0 Å². The summed E-state index contributed by atoms with van der Waals surface area (Å²) in [5.41, 5.74) is -0.0428. The van der Waals surface area contributed by atoms with E-state index < -0.39 is 4.92 Å². The Bertz CT molecular complexity index is 431. The lowest BCUT2D eigenvalue weighted by Gasteiger charge is -2.21. The van der Waals surface area contributed by atoms with Gasteiger partial charge in [-0.1, -0.05) is 41.1 Å². The minimum Gasteiger partial charge on any atom is -0.351 e. The predicted octanol–water partition coefficient (Wildman–Crippen LogP) is 2.81. The maximum absolute atomic E-state index is 11.7. The van der Waals surface area contributed by atoms with Crippen LogP contribution in [0.1, 0.15) is 23.5 Å². The molecule has 0 unspecified atom stereocenters. The highest BCUT2D eigenvalue weighted by Crippen LogP contribution is 2.24. The van der Waals surface area contributed by atoms with Crippen LogP contribution < -0.4 is 5.32 Å². The molecular formula is C10H13BrN2O3S. The summed E-state index contributed by atoms with van der Waals surface area (Å²) in [6.07, 6.45) is 0. The van der Waals surface area contributed by atoms with Gasteiger partial charge in [0, 0.05) is 17.9 Å². The molecule has 5 nitrogen and oxygen atoms in total. The standard InChI is InChI=1S/C10H13BrN2O3S/c1-10(2,5-11)6-12-9(14)7-3-4-8(17-7)13(15)16/h3-4H,5-6H2,1-2H3,(H,12,14). The number of halogens is 1. The summed E-state index contributed by atoms with van der Waals surface area (Å²) in [6.45, 7) is 4.54. The zero-order valence-corrected chi connectivity index (χ0v) is 11.9. The van der Waals surface area contributed by atoms with Crippen LogP contribution in [-0.2, 0) is 0 Å². The molecule has 0 spiro atoms. The van der Waals surface area contributed by atoms with Crippen LogP contribution in [0.15, 0.2) is 12.1 Å². The average molecular weight is 321 g/mol. The second kappa shape index (κ2) is 5.59. The van der Waals surface area contributed by atoms with Crippen molar-refractivity contribution in [3.8, 4) is 0 Å². The average Bonchev–Trinajstić information content (AvgIpc) is 2.75. The van der Waals surface area contributed by atoms with E-state index in [1.54, 1.807) is 0 Å². The fraction of sp³-hybridized carbons (Fsp3) is 0.500. The van der Waals surface area contributed by atoms with Crippen molar-refractivity contribution in [3.63, 3.8) is 0 Å². The van der Waals surface area contributed by atoms with Gasteiger partial charge >= 0.3 is 5.00 Å². The number of alkyl halides is 1. The van der Waals surface area contributed by atoms with Gasteiger partial charge in [-0.3, -0.25) is 14.9 Å². The molecule has 0 radical (unpaired) electrons. The SMILES string of the molecule is CC(C)(CBr)CNC(=O)c1ccc([N+](=O)[O-])s1. The summed E-state index contributed by atoms with van der Waals surface area (Å²) >= 11 is 4.25. The predicted molar refractivity (Wildman–Crippen MR) is 70.9 cm³/mol. The lowest BCUT2D eigenvalue weighted by atomic mass is 9.97. The molecule has 1 aromatic rings. The molecule has 1 amide bonds. The van der Waals surface area contributed by atoms with Gasteiger partial charge in [0.1, 0.15) is 0 Å². The van der Waals surface area contributed by atoms with E-state index in [0.29, 0.717) is 11.4 Å². The minimum atomic E-state index is -0.496. The van der Waals surface area contributed by atoms with E-state index in [1.807, 2.05) is 13.8 Å². The molecule has 1 aromatic heterocycles. The van der Waals surface area contributed by atoms with Gasteiger partial charge in [0.2, 0.25) is 0 Å². The first-order valence-electron chi connectivity index (χ1n) is 4.94. The number of nitrogens with one attached hydrogen (secondary N) is 1. The number of nitrogens with zero attached hydrogens (tertiary/aromatic N) is 1. The maximum atomic E-state index is 11.7. The molecule has 0 aliphatic heterocycles. The monoisotopic (exact) mass is 320 g/mol. The highest BCUT2D eigenvalue weighted by Gasteiger charge is 2.19. The van der Waals surface area contributed by atoms with E-state index in [2.05, 4.69) is 21.2 Å². The van der Waals surface area contributed by atoms with Gasteiger partial charge in [0.05, 0.1) is 9.80 Å². The van der Waals surface area contributed by atoms with E-state index in [9.17, 15) is 14.9 Å².